The number of fused-ring (bicyclic) bond motifs is 1. The highest BCUT2D eigenvalue weighted by Gasteiger charge is 2.32. The van der Waals surface area contributed by atoms with E-state index >= 15 is 0 Å². The summed E-state index contributed by atoms with van der Waals surface area (Å²) in [7, 11) is 1.90. The summed E-state index contributed by atoms with van der Waals surface area (Å²) in [5.74, 6) is 3.24. The van der Waals surface area contributed by atoms with Crippen LogP contribution in [-0.4, -0.2) is 56.4 Å². The third-order valence-electron chi connectivity index (χ3n) is 8.83. The Labute approximate surface area is 273 Å². The van der Waals surface area contributed by atoms with Crippen LogP contribution in [-0.2, 0) is 19.8 Å². The topological polar surface area (TPSA) is 72.2 Å². The number of aromatic nitrogens is 5. The van der Waals surface area contributed by atoms with Gasteiger partial charge in [0, 0.05) is 36.8 Å². The van der Waals surface area contributed by atoms with Crippen molar-refractivity contribution in [2.75, 3.05) is 41.5 Å². The van der Waals surface area contributed by atoms with E-state index in [9.17, 15) is 13.2 Å². The quantitative estimate of drug-likeness (QED) is 0.135. The fourth-order valence-electron chi connectivity index (χ4n) is 6.37. The van der Waals surface area contributed by atoms with Gasteiger partial charge >= 0.3 is 6.18 Å². The molecule has 1 saturated carbocycles. The molecule has 1 fully saturated rings. The Morgan fingerprint density at radius 1 is 1.09 bits per heavy atom. The van der Waals surface area contributed by atoms with Gasteiger partial charge in [0.1, 0.15) is 5.82 Å². The Morgan fingerprint density at radius 2 is 1.80 bits per heavy atom. The first-order valence-corrected chi connectivity index (χ1v) is 17.3. The van der Waals surface area contributed by atoms with E-state index in [4.69, 9.17) is 9.72 Å². The molecule has 3 aromatic heterocycles. The Balaban J connectivity index is 1.60. The zero-order chi connectivity index (χ0) is 33.0. The fourth-order valence-corrected chi connectivity index (χ4v) is 6.62. The summed E-state index contributed by atoms with van der Waals surface area (Å²) in [5, 5.41) is 5.58. The van der Waals surface area contributed by atoms with E-state index in [1.807, 2.05) is 36.7 Å². The van der Waals surface area contributed by atoms with Gasteiger partial charge in [-0.25, -0.2) is 15.0 Å². The lowest BCUT2D eigenvalue weighted by molar-refractivity contribution is -0.137. The molecular weight excluding hydrogens is 611 g/mol. The van der Waals surface area contributed by atoms with Crippen molar-refractivity contribution in [1.29, 1.82) is 0 Å². The largest absolute Gasteiger partial charge is 0.489 e. The predicted molar refractivity (Wildman–Crippen MR) is 180 cm³/mol. The minimum absolute atomic E-state index is 0.330. The lowest BCUT2D eigenvalue weighted by Gasteiger charge is -2.33. The average Bonchev–Trinajstić information content (AvgIpc) is 3.64. The number of pyridine rings is 1. The summed E-state index contributed by atoms with van der Waals surface area (Å²) in [5.41, 5.74) is 3.02. The summed E-state index contributed by atoms with van der Waals surface area (Å²) in [6.45, 7) is 10.2. The molecular formula is C34H44F3N7OS. The second-order valence-electron chi connectivity index (χ2n) is 12.2. The van der Waals surface area contributed by atoms with E-state index < -0.39 is 17.8 Å². The minimum Gasteiger partial charge on any atom is -0.489 e. The first kappa shape index (κ1) is 33.8. The summed E-state index contributed by atoms with van der Waals surface area (Å²) in [6, 6.07) is 5.86. The maximum atomic E-state index is 13.9. The first-order chi connectivity index (χ1) is 22.0. The fraction of sp³-hybridized carbons (Fsp3) is 0.529. The van der Waals surface area contributed by atoms with Crippen molar-refractivity contribution in [3.63, 3.8) is 0 Å². The van der Waals surface area contributed by atoms with Crippen molar-refractivity contribution in [3.8, 4) is 5.75 Å². The molecule has 4 aromatic rings. The van der Waals surface area contributed by atoms with Crippen molar-refractivity contribution in [1.82, 2.24) is 24.7 Å². The van der Waals surface area contributed by atoms with Crippen LogP contribution in [0, 0.1) is 19.8 Å². The maximum absolute atomic E-state index is 13.9. The predicted octanol–water partition coefficient (Wildman–Crippen LogP) is 7.92. The molecule has 0 amide bonds. The van der Waals surface area contributed by atoms with Crippen LogP contribution in [0.5, 0.6) is 5.75 Å². The number of anilines is 2. The van der Waals surface area contributed by atoms with Crippen LogP contribution in [0.25, 0.3) is 11.0 Å². The molecule has 3 heterocycles. The average molecular weight is 656 g/mol. The molecule has 0 saturated heterocycles. The van der Waals surface area contributed by atoms with Crippen LogP contribution >= 0.6 is 11.8 Å². The normalized spacial score (nSPS) is 14.6. The smallest absolute Gasteiger partial charge is 0.416 e. The SMILES string of the molecule is CCN(CC1CCCC1)c1nc2c(cc1CN(c1ncc(OCCSC)cn1)C(C)c1cc(C)cc(C(F)(F)F)c1)c(C)nn2C. The molecule has 0 N–H and O–H groups in total. The van der Waals surface area contributed by atoms with Gasteiger partial charge in [-0.3, -0.25) is 4.68 Å². The molecule has 0 radical (unpaired) electrons. The van der Waals surface area contributed by atoms with Gasteiger partial charge in [0.2, 0.25) is 5.95 Å². The van der Waals surface area contributed by atoms with Gasteiger partial charge in [0.05, 0.1) is 42.8 Å². The van der Waals surface area contributed by atoms with Crippen LogP contribution in [0.15, 0.2) is 36.7 Å². The molecule has 46 heavy (non-hydrogen) atoms. The summed E-state index contributed by atoms with van der Waals surface area (Å²) >= 11 is 1.68. The molecule has 1 unspecified atom stereocenters. The van der Waals surface area contributed by atoms with Crippen molar-refractivity contribution in [2.45, 2.75) is 72.1 Å². The molecule has 1 aliphatic carbocycles. The van der Waals surface area contributed by atoms with Gasteiger partial charge in [-0.05, 0) is 76.5 Å². The van der Waals surface area contributed by atoms with E-state index in [1.54, 1.807) is 37.1 Å². The summed E-state index contributed by atoms with van der Waals surface area (Å²) < 4.78 is 49.3. The first-order valence-electron chi connectivity index (χ1n) is 16.0. The molecule has 8 nitrogen and oxygen atoms in total. The molecule has 1 atom stereocenters. The van der Waals surface area contributed by atoms with Gasteiger partial charge in [0.15, 0.2) is 11.4 Å². The summed E-state index contributed by atoms with van der Waals surface area (Å²) in [6.07, 6.45) is 5.72. The maximum Gasteiger partial charge on any atom is 0.416 e. The standard InChI is InChI=1S/C34H44F3N7OS/c1-7-43(20-25-10-8-9-11-25)31-27(17-30-23(3)41-42(5)32(30)40-31)21-44(33-38-18-29(19-39-33)45-12-13-46-6)24(4)26-14-22(2)15-28(16-26)34(35,36)37/h14-19,24-25H,7-13,20-21H2,1-6H3. The number of thioether (sulfide) groups is 1. The van der Waals surface area contributed by atoms with E-state index in [-0.39, 0.29) is 0 Å². The lowest BCUT2D eigenvalue weighted by Crippen LogP contribution is -2.33. The second kappa shape index (κ2) is 14.5. The van der Waals surface area contributed by atoms with Gasteiger partial charge in [0.25, 0.3) is 0 Å². The van der Waals surface area contributed by atoms with Crippen molar-refractivity contribution in [3.05, 3.63) is 64.6 Å². The second-order valence-corrected chi connectivity index (χ2v) is 13.2. The number of hydrogen-bond donors (Lipinski definition) is 0. The monoisotopic (exact) mass is 655 g/mol. The third-order valence-corrected chi connectivity index (χ3v) is 9.41. The van der Waals surface area contributed by atoms with Gasteiger partial charge < -0.3 is 14.5 Å². The van der Waals surface area contributed by atoms with Crippen molar-refractivity contribution in [2.24, 2.45) is 13.0 Å². The van der Waals surface area contributed by atoms with Crippen LogP contribution in [0.4, 0.5) is 24.9 Å². The lowest BCUT2D eigenvalue weighted by atomic mass is 10.00. The zero-order valence-electron chi connectivity index (χ0n) is 27.6. The highest BCUT2D eigenvalue weighted by molar-refractivity contribution is 7.98. The van der Waals surface area contributed by atoms with Crippen LogP contribution < -0.4 is 14.5 Å². The Morgan fingerprint density at radius 3 is 2.46 bits per heavy atom. The number of aryl methyl sites for hydroxylation is 3. The Hall–Kier alpha value is -3.54. The number of nitrogens with zero attached hydrogens (tertiary/aromatic N) is 7. The van der Waals surface area contributed by atoms with Crippen LogP contribution in [0.1, 0.15) is 73.5 Å². The molecule has 12 heteroatoms. The van der Waals surface area contributed by atoms with Crippen LogP contribution in [0.3, 0.4) is 0 Å². The Kier molecular flexibility index (Phi) is 10.6. The van der Waals surface area contributed by atoms with Gasteiger partial charge in [-0.1, -0.05) is 24.5 Å². The number of rotatable bonds is 13. The summed E-state index contributed by atoms with van der Waals surface area (Å²) in [4.78, 5) is 18.8. The molecule has 1 aliphatic rings. The van der Waals surface area contributed by atoms with E-state index in [1.165, 1.54) is 37.8 Å². The third kappa shape index (κ3) is 7.70. The minimum atomic E-state index is -4.46. The van der Waals surface area contributed by atoms with Crippen molar-refractivity contribution >= 4 is 34.6 Å². The number of alkyl halides is 3. The number of benzene rings is 1. The van der Waals surface area contributed by atoms with Crippen LogP contribution in [0.2, 0.25) is 0 Å². The number of hydrogen-bond acceptors (Lipinski definition) is 8. The van der Waals surface area contributed by atoms with Crippen molar-refractivity contribution < 1.29 is 17.9 Å². The number of halogens is 3. The highest BCUT2D eigenvalue weighted by Crippen LogP contribution is 2.36. The van der Waals surface area contributed by atoms with E-state index in [0.717, 1.165) is 47.0 Å². The molecule has 0 bridgehead atoms. The molecule has 5 rings (SSSR count). The number of ether oxygens (including phenoxy) is 1. The van der Waals surface area contributed by atoms with Gasteiger partial charge in [-0.15, -0.1) is 0 Å². The highest BCUT2D eigenvalue weighted by atomic mass is 32.2. The molecule has 0 aliphatic heterocycles. The van der Waals surface area contributed by atoms with E-state index in [0.29, 0.717) is 41.9 Å². The van der Waals surface area contributed by atoms with Gasteiger partial charge in [-0.2, -0.15) is 30.0 Å². The molecule has 0 spiro atoms. The molecule has 1 aromatic carbocycles. The zero-order valence-corrected chi connectivity index (χ0v) is 28.4. The Bertz CT molecular complexity index is 1620. The van der Waals surface area contributed by atoms with E-state index in [2.05, 4.69) is 33.0 Å². The molecule has 248 valence electrons.